The number of hydrogen-bond acceptors (Lipinski definition) is 15. The van der Waals surface area contributed by atoms with Crippen LogP contribution < -0.4 is 0 Å². The Morgan fingerprint density at radius 1 is 0.284 bits per heavy atom. The second-order valence-corrected chi connectivity index (χ2v) is 34.0. The first-order valence-corrected chi connectivity index (χ1v) is 45.9. The molecular formula is C83H162O17P2. The standard InChI is InChI=1S/C83H162O17P2/c1-8-10-11-12-13-14-26-36-43-50-57-64-80(85)93-70-78(100-83(88)67-60-53-46-39-32-25-28-34-41-48-55-62-75(5)6)72-97-101(89,90)95-68-77(84)69-96-102(91,92)98-73-79(71-94-81(86)65-58-51-44-37-30-24-23-27-33-40-47-54-61-74(3)4)99-82(87)66-59-52-45-38-31-22-20-18-16-15-17-19-21-29-35-42-49-56-63-76(7)9-2/h74-79,84H,8-73H2,1-7H3,(H,89,90)(H,91,92)/t76?,77-,78+,79+/m0/s1. The third kappa shape index (κ3) is 74.9. The molecule has 3 N–H and O–H groups in total. The Morgan fingerprint density at radius 3 is 0.745 bits per heavy atom. The quantitative estimate of drug-likeness (QED) is 0.0222. The summed E-state index contributed by atoms with van der Waals surface area (Å²) in [6.07, 6.45) is 62.3. The van der Waals surface area contributed by atoms with Gasteiger partial charge in [0.15, 0.2) is 12.2 Å². The molecule has 0 radical (unpaired) electrons. The van der Waals surface area contributed by atoms with Gasteiger partial charge in [0.05, 0.1) is 26.4 Å². The van der Waals surface area contributed by atoms with Crippen LogP contribution >= 0.6 is 15.6 Å². The highest BCUT2D eigenvalue weighted by Gasteiger charge is 2.30. The van der Waals surface area contributed by atoms with Crippen LogP contribution in [-0.4, -0.2) is 96.7 Å². The molecule has 0 aliphatic heterocycles. The number of ether oxygens (including phenoxy) is 4. The van der Waals surface area contributed by atoms with E-state index >= 15 is 0 Å². The van der Waals surface area contributed by atoms with Gasteiger partial charge in [0, 0.05) is 25.7 Å². The average molecular weight is 1490 g/mol. The Morgan fingerprint density at radius 2 is 0.500 bits per heavy atom. The highest BCUT2D eigenvalue weighted by molar-refractivity contribution is 7.47. The predicted octanol–water partition coefficient (Wildman–Crippen LogP) is 24.9. The summed E-state index contributed by atoms with van der Waals surface area (Å²) in [5.74, 6) is 0.310. The minimum absolute atomic E-state index is 0.107. The van der Waals surface area contributed by atoms with Crippen molar-refractivity contribution in [2.24, 2.45) is 17.8 Å². The van der Waals surface area contributed by atoms with Crippen molar-refractivity contribution in [3.63, 3.8) is 0 Å². The number of carbonyl (C=O) groups is 4. The van der Waals surface area contributed by atoms with E-state index in [1.807, 2.05) is 0 Å². The van der Waals surface area contributed by atoms with Crippen molar-refractivity contribution in [1.82, 2.24) is 0 Å². The third-order valence-corrected chi connectivity index (χ3v) is 21.6. The summed E-state index contributed by atoms with van der Waals surface area (Å²) >= 11 is 0. The van der Waals surface area contributed by atoms with Gasteiger partial charge < -0.3 is 33.8 Å². The Bertz CT molecular complexity index is 1980. The smallest absolute Gasteiger partial charge is 0.462 e. The second kappa shape index (κ2) is 73.2. The van der Waals surface area contributed by atoms with Gasteiger partial charge in [-0.1, -0.05) is 382 Å². The van der Waals surface area contributed by atoms with Crippen LogP contribution in [0.15, 0.2) is 0 Å². The first-order valence-electron chi connectivity index (χ1n) is 42.9. The molecule has 17 nitrogen and oxygen atoms in total. The van der Waals surface area contributed by atoms with Gasteiger partial charge in [-0.2, -0.15) is 0 Å². The maximum Gasteiger partial charge on any atom is 0.472 e. The van der Waals surface area contributed by atoms with Gasteiger partial charge in [0.2, 0.25) is 0 Å². The van der Waals surface area contributed by atoms with Crippen molar-refractivity contribution in [3.05, 3.63) is 0 Å². The molecule has 0 aromatic carbocycles. The van der Waals surface area contributed by atoms with Crippen LogP contribution in [0.1, 0.15) is 434 Å². The van der Waals surface area contributed by atoms with Gasteiger partial charge in [-0.15, -0.1) is 0 Å². The molecule has 0 amide bonds. The van der Waals surface area contributed by atoms with Crippen molar-refractivity contribution in [2.45, 2.75) is 452 Å². The zero-order valence-corrected chi connectivity index (χ0v) is 68.9. The Kier molecular flexibility index (Phi) is 71.8. The SMILES string of the molecule is CCCCCCCCCCCCCC(=O)OC[C@H](COP(=O)(O)OC[C@H](O)COP(=O)(O)OC[C@@H](COC(=O)CCCCCCCCCCCCCCC(C)C)OC(=O)CCCCCCCCCCCCCCCCCCCCC(C)CC)OC(=O)CCCCCCCCCCCCCC(C)C. The van der Waals surface area contributed by atoms with Crippen LogP contribution in [0, 0.1) is 17.8 Å². The molecule has 0 spiro atoms. The number of phosphoric acid groups is 2. The van der Waals surface area contributed by atoms with Gasteiger partial charge in [-0.3, -0.25) is 37.3 Å². The van der Waals surface area contributed by atoms with E-state index in [1.54, 1.807) is 0 Å². The van der Waals surface area contributed by atoms with Crippen molar-refractivity contribution in [2.75, 3.05) is 39.6 Å². The number of unbranched alkanes of at least 4 members (excludes halogenated alkanes) is 48. The van der Waals surface area contributed by atoms with Gasteiger partial charge in [0.1, 0.15) is 19.3 Å². The summed E-state index contributed by atoms with van der Waals surface area (Å²) in [5, 5.41) is 10.7. The Balaban J connectivity index is 5.23. The maximum absolute atomic E-state index is 13.1. The molecule has 0 aliphatic rings. The topological polar surface area (TPSA) is 237 Å². The number of carbonyl (C=O) groups excluding carboxylic acids is 4. The zero-order valence-electron chi connectivity index (χ0n) is 67.1. The van der Waals surface area contributed by atoms with Gasteiger partial charge >= 0.3 is 39.5 Å². The lowest BCUT2D eigenvalue weighted by Gasteiger charge is -2.21. The molecule has 0 heterocycles. The molecule has 0 rings (SSSR count). The first kappa shape index (κ1) is 100. The van der Waals surface area contributed by atoms with Crippen LogP contribution in [0.2, 0.25) is 0 Å². The van der Waals surface area contributed by atoms with Crippen molar-refractivity contribution < 1.29 is 80.2 Å². The van der Waals surface area contributed by atoms with E-state index in [1.165, 1.54) is 244 Å². The van der Waals surface area contributed by atoms with Crippen LogP contribution in [-0.2, 0) is 65.4 Å². The molecule has 0 aliphatic carbocycles. The molecule has 6 atom stereocenters. The van der Waals surface area contributed by atoms with E-state index in [0.717, 1.165) is 108 Å². The van der Waals surface area contributed by atoms with Crippen LogP contribution in [0.4, 0.5) is 0 Å². The molecule has 0 saturated heterocycles. The lowest BCUT2D eigenvalue weighted by atomic mass is 9.99. The van der Waals surface area contributed by atoms with Gasteiger partial charge in [0.25, 0.3) is 0 Å². The summed E-state index contributed by atoms with van der Waals surface area (Å²) in [5.41, 5.74) is 0. The normalized spacial score (nSPS) is 14.2. The fourth-order valence-corrected chi connectivity index (χ4v) is 14.4. The summed E-state index contributed by atoms with van der Waals surface area (Å²) < 4.78 is 68.8. The number of rotatable bonds is 81. The van der Waals surface area contributed by atoms with E-state index in [-0.39, 0.29) is 25.7 Å². The Hall–Kier alpha value is -1.94. The van der Waals surface area contributed by atoms with E-state index in [2.05, 4.69) is 48.5 Å². The molecule has 3 unspecified atom stereocenters. The largest absolute Gasteiger partial charge is 0.472 e. The van der Waals surface area contributed by atoms with Crippen molar-refractivity contribution >= 4 is 39.5 Å². The summed E-state index contributed by atoms with van der Waals surface area (Å²) in [6, 6.07) is 0. The predicted molar refractivity (Wildman–Crippen MR) is 418 cm³/mol. The Labute approximate surface area is 626 Å². The molecular weight excluding hydrogens is 1330 g/mol. The molecule has 0 aromatic heterocycles. The van der Waals surface area contributed by atoms with E-state index < -0.39 is 97.5 Å². The summed E-state index contributed by atoms with van der Waals surface area (Å²) in [4.78, 5) is 73.1. The van der Waals surface area contributed by atoms with Gasteiger partial charge in [-0.05, 0) is 43.4 Å². The first-order chi connectivity index (χ1) is 49.3. The lowest BCUT2D eigenvalue weighted by Crippen LogP contribution is -2.30. The lowest BCUT2D eigenvalue weighted by molar-refractivity contribution is -0.161. The van der Waals surface area contributed by atoms with Crippen molar-refractivity contribution in [1.29, 1.82) is 0 Å². The van der Waals surface area contributed by atoms with Crippen LogP contribution in [0.3, 0.4) is 0 Å². The molecule has 19 heteroatoms. The fourth-order valence-electron chi connectivity index (χ4n) is 12.8. The minimum Gasteiger partial charge on any atom is -0.462 e. The zero-order chi connectivity index (χ0) is 75.1. The minimum atomic E-state index is -4.96. The average Bonchev–Trinajstić information content (AvgIpc) is 0.950. The summed E-state index contributed by atoms with van der Waals surface area (Å²) in [6.45, 7) is 12.0. The van der Waals surface area contributed by atoms with E-state index in [9.17, 15) is 43.2 Å². The monoisotopic (exact) mass is 1490 g/mol. The molecule has 0 saturated carbocycles. The number of aliphatic hydroxyl groups excluding tert-OH is 1. The van der Waals surface area contributed by atoms with Crippen LogP contribution in [0.5, 0.6) is 0 Å². The number of hydrogen-bond donors (Lipinski definition) is 3. The maximum atomic E-state index is 13.1. The van der Waals surface area contributed by atoms with Gasteiger partial charge in [-0.25, -0.2) is 9.13 Å². The highest BCUT2D eigenvalue weighted by atomic mass is 31.2. The third-order valence-electron chi connectivity index (χ3n) is 19.7. The molecule has 606 valence electrons. The molecule has 0 fully saturated rings. The number of aliphatic hydroxyl groups is 1. The van der Waals surface area contributed by atoms with E-state index in [0.29, 0.717) is 25.7 Å². The molecule has 0 bridgehead atoms. The molecule has 102 heavy (non-hydrogen) atoms. The van der Waals surface area contributed by atoms with Crippen LogP contribution in [0.25, 0.3) is 0 Å². The summed E-state index contributed by atoms with van der Waals surface area (Å²) in [7, 11) is -9.92. The fraction of sp³-hybridized carbons (Fsp3) is 0.952. The molecule has 0 aromatic rings. The number of phosphoric ester groups is 2. The van der Waals surface area contributed by atoms with Crippen molar-refractivity contribution in [3.8, 4) is 0 Å². The van der Waals surface area contributed by atoms with E-state index in [4.69, 9.17) is 37.0 Å². The number of esters is 4. The highest BCUT2D eigenvalue weighted by Crippen LogP contribution is 2.45. The second-order valence-electron chi connectivity index (χ2n) is 31.1.